The number of ether oxygens (including phenoxy) is 3. The zero-order valence-corrected chi connectivity index (χ0v) is 17.4. The smallest absolute Gasteiger partial charge is 0.206 e. The molecule has 2 heterocycles. The van der Waals surface area contributed by atoms with Gasteiger partial charge in [0.15, 0.2) is 6.29 Å². The van der Waals surface area contributed by atoms with Crippen LogP contribution < -0.4 is 4.74 Å². The van der Waals surface area contributed by atoms with E-state index < -0.39 is 43.0 Å². The highest BCUT2D eigenvalue weighted by Crippen LogP contribution is 2.41. The Morgan fingerprint density at radius 3 is 2.40 bits per heavy atom. The first-order valence-electron chi connectivity index (χ1n) is 10.1. The van der Waals surface area contributed by atoms with Crippen molar-refractivity contribution in [1.82, 2.24) is 0 Å². The van der Waals surface area contributed by atoms with Crippen LogP contribution in [0.4, 0.5) is 0 Å². The molecule has 1 aromatic rings. The van der Waals surface area contributed by atoms with Crippen molar-refractivity contribution in [2.45, 2.75) is 69.5 Å². The normalized spacial score (nSPS) is 33.9. The molecule has 0 saturated carbocycles. The molecule has 9 heteroatoms. The predicted molar refractivity (Wildman–Crippen MR) is 107 cm³/mol. The number of allylic oxidation sites excluding steroid dienone is 1. The van der Waals surface area contributed by atoms with Gasteiger partial charge in [0.1, 0.15) is 30.2 Å². The van der Waals surface area contributed by atoms with Gasteiger partial charge < -0.3 is 34.6 Å². The average Bonchev–Trinajstić information content (AvgIpc) is 3.04. The van der Waals surface area contributed by atoms with E-state index in [2.05, 4.69) is 10.2 Å². The number of hydrogen-bond acceptors (Lipinski definition) is 9. The van der Waals surface area contributed by atoms with Crippen LogP contribution in [0.25, 0.3) is 0 Å². The standard InChI is InChI=1S/C21H30N2O7/c1-4-9-21(30-20-19(27)18(26)17(25)16(11-24)29-20)15(12(2)22-23-21)10-13-5-7-14(28-3)8-6-13/h5-8,16-20,24-27H,4,9-11H2,1-3H3/t16-,17-,18+,19-,20?,21?/m0/s1. The lowest BCUT2D eigenvalue weighted by Gasteiger charge is -2.42. The topological polar surface area (TPSA) is 133 Å². The summed E-state index contributed by atoms with van der Waals surface area (Å²) in [6.45, 7) is 3.30. The van der Waals surface area contributed by atoms with Gasteiger partial charge in [-0.3, -0.25) is 0 Å². The zero-order valence-electron chi connectivity index (χ0n) is 17.4. The van der Waals surface area contributed by atoms with Crippen molar-refractivity contribution >= 4 is 0 Å². The summed E-state index contributed by atoms with van der Waals surface area (Å²) >= 11 is 0. The van der Waals surface area contributed by atoms with Gasteiger partial charge in [0, 0.05) is 18.4 Å². The summed E-state index contributed by atoms with van der Waals surface area (Å²) in [5.74, 6) is 0.752. The third kappa shape index (κ3) is 4.41. The summed E-state index contributed by atoms with van der Waals surface area (Å²) < 4.78 is 16.9. The fraction of sp³-hybridized carbons (Fsp3) is 0.619. The van der Waals surface area contributed by atoms with Gasteiger partial charge in [-0.25, -0.2) is 0 Å². The fourth-order valence-corrected chi connectivity index (χ4v) is 3.82. The summed E-state index contributed by atoms with van der Waals surface area (Å²) in [5.41, 5.74) is 1.37. The van der Waals surface area contributed by atoms with Crippen LogP contribution >= 0.6 is 0 Å². The van der Waals surface area contributed by atoms with Gasteiger partial charge in [0.25, 0.3) is 0 Å². The molecule has 1 fully saturated rings. The van der Waals surface area contributed by atoms with Gasteiger partial charge in [0.05, 0.1) is 19.4 Å². The number of nitrogens with zero attached hydrogens (tertiary/aromatic N) is 2. The zero-order chi connectivity index (χ0) is 21.9. The lowest BCUT2D eigenvalue weighted by molar-refractivity contribution is -0.322. The second kappa shape index (κ2) is 9.51. The Labute approximate surface area is 175 Å². The molecule has 0 amide bonds. The van der Waals surface area contributed by atoms with E-state index in [-0.39, 0.29) is 0 Å². The quantitative estimate of drug-likeness (QED) is 0.496. The van der Waals surface area contributed by atoms with Crippen LogP contribution in [0.2, 0.25) is 0 Å². The monoisotopic (exact) mass is 422 g/mol. The Morgan fingerprint density at radius 1 is 1.10 bits per heavy atom. The number of rotatable bonds is 8. The molecule has 0 spiro atoms. The molecule has 166 valence electrons. The molecule has 0 bridgehead atoms. The van der Waals surface area contributed by atoms with Crippen molar-refractivity contribution in [1.29, 1.82) is 0 Å². The maximum atomic E-state index is 10.4. The van der Waals surface area contributed by atoms with Crippen molar-refractivity contribution in [2.24, 2.45) is 10.2 Å². The van der Waals surface area contributed by atoms with Crippen molar-refractivity contribution < 1.29 is 34.6 Å². The highest BCUT2D eigenvalue weighted by atomic mass is 16.7. The Kier molecular flexibility index (Phi) is 7.22. The van der Waals surface area contributed by atoms with Gasteiger partial charge in [-0.15, -0.1) is 5.11 Å². The largest absolute Gasteiger partial charge is 0.497 e. The van der Waals surface area contributed by atoms with E-state index in [1.165, 1.54) is 0 Å². The van der Waals surface area contributed by atoms with Crippen LogP contribution in [-0.2, 0) is 15.9 Å². The molecule has 4 N–H and O–H groups in total. The van der Waals surface area contributed by atoms with E-state index in [0.717, 1.165) is 23.3 Å². The number of aliphatic hydroxyl groups is 4. The molecule has 1 saturated heterocycles. The summed E-state index contributed by atoms with van der Waals surface area (Å²) in [7, 11) is 1.61. The fourth-order valence-electron chi connectivity index (χ4n) is 3.82. The maximum absolute atomic E-state index is 10.4. The summed E-state index contributed by atoms with van der Waals surface area (Å²) in [6.07, 6.45) is -5.11. The third-order valence-corrected chi connectivity index (χ3v) is 5.56. The summed E-state index contributed by atoms with van der Waals surface area (Å²) in [4.78, 5) is 0. The van der Waals surface area contributed by atoms with Gasteiger partial charge in [-0.1, -0.05) is 25.5 Å². The molecule has 2 aliphatic heterocycles. The molecule has 6 atom stereocenters. The van der Waals surface area contributed by atoms with E-state index in [9.17, 15) is 20.4 Å². The first-order valence-corrected chi connectivity index (χ1v) is 10.1. The van der Waals surface area contributed by atoms with Gasteiger partial charge >= 0.3 is 0 Å². The van der Waals surface area contributed by atoms with Crippen molar-refractivity contribution in [3.8, 4) is 5.75 Å². The van der Waals surface area contributed by atoms with Crippen LogP contribution in [0.5, 0.6) is 5.75 Å². The number of methoxy groups -OCH3 is 1. The second-order valence-corrected chi connectivity index (χ2v) is 7.64. The highest BCUT2D eigenvalue weighted by molar-refractivity contribution is 5.35. The molecule has 0 radical (unpaired) electrons. The van der Waals surface area contributed by atoms with Crippen molar-refractivity contribution in [3.05, 3.63) is 41.1 Å². The van der Waals surface area contributed by atoms with Crippen LogP contribution in [-0.4, -0.2) is 70.6 Å². The molecule has 0 aromatic heterocycles. The summed E-state index contributed by atoms with van der Waals surface area (Å²) in [5, 5.41) is 48.6. The number of benzene rings is 1. The minimum Gasteiger partial charge on any atom is -0.497 e. The molecule has 3 rings (SSSR count). The minimum atomic E-state index is -1.52. The number of azo groups is 1. The second-order valence-electron chi connectivity index (χ2n) is 7.64. The van der Waals surface area contributed by atoms with E-state index in [1.54, 1.807) is 7.11 Å². The van der Waals surface area contributed by atoms with Crippen LogP contribution in [0.15, 0.2) is 45.8 Å². The van der Waals surface area contributed by atoms with E-state index in [4.69, 9.17) is 14.2 Å². The predicted octanol–water partition coefficient (Wildman–Crippen LogP) is 1.29. The van der Waals surface area contributed by atoms with Crippen LogP contribution in [0.3, 0.4) is 0 Å². The molecular weight excluding hydrogens is 392 g/mol. The van der Waals surface area contributed by atoms with Gasteiger partial charge in [-0.2, -0.15) is 5.11 Å². The molecule has 30 heavy (non-hydrogen) atoms. The average molecular weight is 422 g/mol. The molecule has 2 aliphatic rings. The number of aliphatic hydroxyl groups excluding tert-OH is 4. The first kappa shape index (κ1) is 22.8. The SMILES string of the molecule is CCCC1(OC2O[C@@H](CO)[C@H](O)[C@@H](O)[C@@H]2O)N=NC(C)=C1Cc1ccc(OC)cc1. The van der Waals surface area contributed by atoms with Crippen LogP contribution in [0.1, 0.15) is 32.3 Å². The Morgan fingerprint density at radius 2 is 1.80 bits per heavy atom. The Hall–Kier alpha value is -1.88. The maximum Gasteiger partial charge on any atom is 0.206 e. The Bertz CT molecular complexity index is 780. The first-order chi connectivity index (χ1) is 14.3. The van der Waals surface area contributed by atoms with E-state index in [0.29, 0.717) is 18.5 Å². The third-order valence-electron chi connectivity index (χ3n) is 5.56. The lowest BCUT2D eigenvalue weighted by Crippen LogP contribution is -2.60. The van der Waals surface area contributed by atoms with Crippen LogP contribution in [0, 0.1) is 0 Å². The number of hydrogen-bond donors (Lipinski definition) is 4. The molecule has 2 unspecified atom stereocenters. The highest BCUT2D eigenvalue weighted by Gasteiger charge is 2.49. The van der Waals surface area contributed by atoms with Gasteiger partial charge in [0.2, 0.25) is 5.72 Å². The van der Waals surface area contributed by atoms with Crippen molar-refractivity contribution in [3.63, 3.8) is 0 Å². The van der Waals surface area contributed by atoms with E-state index in [1.807, 2.05) is 38.1 Å². The lowest BCUT2D eigenvalue weighted by atomic mass is 9.91. The minimum absolute atomic E-state index is 0.481. The van der Waals surface area contributed by atoms with E-state index >= 15 is 0 Å². The van der Waals surface area contributed by atoms with Crippen molar-refractivity contribution in [2.75, 3.05) is 13.7 Å². The van der Waals surface area contributed by atoms with Gasteiger partial charge in [-0.05, 0) is 24.6 Å². The molecular formula is C21H30N2O7. The summed E-state index contributed by atoms with van der Waals surface area (Å²) in [6, 6.07) is 7.63. The molecule has 1 aromatic carbocycles. The Balaban J connectivity index is 1.86. The molecule has 9 nitrogen and oxygen atoms in total. The molecule has 0 aliphatic carbocycles.